The van der Waals surface area contributed by atoms with Crippen LogP contribution in [-0.4, -0.2) is 19.9 Å². The van der Waals surface area contributed by atoms with Crippen molar-refractivity contribution in [3.8, 4) is 11.4 Å². The van der Waals surface area contributed by atoms with Gasteiger partial charge in [0.05, 0.1) is 17.8 Å². The summed E-state index contributed by atoms with van der Waals surface area (Å²) in [6.07, 6.45) is 3.88. The number of benzene rings is 1. The van der Waals surface area contributed by atoms with Crippen molar-refractivity contribution >= 4 is 0 Å². The predicted octanol–water partition coefficient (Wildman–Crippen LogP) is 3.68. The molecule has 0 radical (unpaired) electrons. The molecule has 3 aromatic rings. The van der Waals surface area contributed by atoms with Crippen LogP contribution in [-0.2, 0) is 12.1 Å². The minimum Gasteiger partial charge on any atom is -0.337 e. The molecule has 0 aliphatic carbocycles. The number of nitrogens with one attached hydrogen (secondary N) is 1. The van der Waals surface area contributed by atoms with E-state index in [1.807, 2.05) is 24.0 Å². The fourth-order valence-electron chi connectivity index (χ4n) is 2.30. The highest BCUT2D eigenvalue weighted by Gasteiger charge is 2.17. The zero-order chi connectivity index (χ0) is 18.0. The molecule has 0 aliphatic rings. The van der Waals surface area contributed by atoms with Crippen LogP contribution in [0, 0.1) is 5.82 Å². The summed E-state index contributed by atoms with van der Waals surface area (Å²) < 4.78 is 20.3. The average molecular weight is 343 g/mol. The molecule has 0 saturated heterocycles. The van der Waals surface area contributed by atoms with Crippen molar-refractivity contribution in [2.24, 2.45) is 0 Å². The average Bonchev–Trinajstić information content (AvgIpc) is 3.22. The van der Waals surface area contributed by atoms with Gasteiger partial charge in [-0.3, -0.25) is 4.68 Å². The Morgan fingerprint density at radius 1 is 1.24 bits per heavy atom. The quantitative estimate of drug-likeness (QED) is 0.765. The van der Waals surface area contributed by atoms with Gasteiger partial charge in [0.1, 0.15) is 5.82 Å². The highest BCUT2D eigenvalue weighted by atomic mass is 19.1. The van der Waals surface area contributed by atoms with E-state index in [9.17, 15) is 4.39 Å². The van der Waals surface area contributed by atoms with E-state index in [1.165, 1.54) is 12.1 Å². The third-order valence-corrected chi connectivity index (χ3v) is 3.85. The third kappa shape index (κ3) is 4.11. The molecule has 0 saturated carbocycles. The summed E-state index contributed by atoms with van der Waals surface area (Å²) in [5.74, 6) is 0.644. The molecular formula is C18H22FN5O. The van der Waals surface area contributed by atoms with E-state index in [4.69, 9.17) is 4.52 Å². The highest BCUT2D eigenvalue weighted by Crippen LogP contribution is 2.19. The molecule has 1 aromatic carbocycles. The van der Waals surface area contributed by atoms with Crippen molar-refractivity contribution in [2.45, 2.75) is 45.8 Å². The van der Waals surface area contributed by atoms with E-state index in [2.05, 4.69) is 41.3 Å². The van der Waals surface area contributed by atoms with Crippen LogP contribution in [0.15, 0.2) is 41.2 Å². The molecule has 1 atom stereocenters. The fourth-order valence-corrected chi connectivity index (χ4v) is 2.30. The molecule has 6 nitrogen and oxygen atoms in total. The van der Waals surface area contributed by atoms with Crippen molar-refractivity contribution in [2.75, 3.05) is 0 Å². The van der Waals surface area contributed by atoms with Crippen LogP contribution in [0.25, 0.3) is 11.4 Å². The minimum atomic E-state index is -0.293. The van der Waals surface area contributed by atoms with Crippen LogP contribution in [0.3, 0.4) is 0 Å². The summed E-state index contributed by atoms with van der Waals surface area (Å²) in [4.78, 5) is 4.38. The van der Waals surface area contributed by atoms with E-state index in [0.717, 1.165) is 11.1 Å². The predicted molar refractivity (Wildman–Crippen MR) is 92.2 cm³/mol. The summed E-state index contributed by atoms with van der Waals surface area (Å²) in [5, 5.41) is 11.7. The molecule has 0 fully saturated rings. The molecular weight excluding hydrogens is 321 g/mol. The Kier molecular flexibility index (Phi) is 4.67. The van der Waals surface area contributed by atoms with Crippen LogP contribution >= 0.6 is 0 Å². The number of aromatic nitrogens is 4. The third-order valence-electron chi connectivity index (χ3n) is 3.85. The summed E-state index contributed by atoms with van der Waals surface area (Å²) in [6, 6.07) is 5.89. The molecule has 3 rings (SSSR count). The molecule has 0 aliphatic heterocycles. The minimum absolute atomic E-state index is 0.0413. The van der Waals surface area contributed by atoms with Crippen molar-refractivity contribution in [1.82, 2.24) is 25.2 Å². The molecule has 1 N–H and O–H groups in total. The molecule has 132 valence electrons. The van der Waals surface area contributed by atoms with Gasteiger partial charge in [0.15, 0.2) is 0 Å². The van der Waals surface area contributed by atoms with Gasteiger partial charge in [-0.1, -0.05) is 5.16 Å². The summed E-state index contributed by atoms with van der Waals surface area (Å²) in [6.45, 7) is 8.92. The second kappa shape index (κ2) is 6.76. The van der Waals surface area contributed by atoms with E-state index in [1.54, 1.807) is 12.1 Å². The first kappa shape index (κ1) is 17.3. The first-order valence-corrected chi connectivity index (χ1v) is 8.20. The second-order valence-electron chi connectivity index (χ2n) is 7.03. The first-order valence-electron chi connectivity index (χ1n) is 8.20. The van der Waals surface area contributed by atoms with Crippen LogP contribution in [0.4, 0.5) is 4.39 Å². The standard InChI is InChI=1S/C18H22FN5O/c1-12(20-9-13-10-21-24(11-13)18(2,3)4)17-22-16(23-25-17)14-5-7-15(19)8-6-14/h5-8,10-12,20H,9H2,1-4H3/t12-/m1/s1. The van der Waals surface area contributed by atoms with Crippen molar-refractivity contribution in [3.63, 3.8) is 0 Å². The van der Waals surface area contributed by atoms with Crippen LogP contribution in [0.2, 0.25) is 0 Å². The maximum atomic E-state index is 13.0. The summed E-state index contributed by atoms with van der Waals surface area (Å²) in [7, 11) is 0. The molecule has 2 heterocycles. The maximum absolute atomic E-state index is 13.0. The first-order chi connectivity index (χ1) is 11.8. The van der Waals surface area contributed by atoms with Crippen LogP contribution in [0.1, 0.15) is 45.2 Å². The zero-order valence-electron chi connectivity index (χ0n) is 14.8. The Hall–Kier alpha value is -2.54. The Bertz CT molecular complexity index is 832. The van der Waals surface area contributed by atoms with Gasteiger partial charge >= 0.3 is 0 Å². The normalized spacial score (nSPS) is 13.2. The van der Waals surface area contributed by atoms with Gasteiger partial charge in [-0.25, -0.2) is 4.39 Å². The highest BCUT2D eigenvalue weighted by molar-refractivity contribution is 5.53. The molecule has 0 bridgehead atoms. The van der Waals surface area contributed by atoms with Crippen molar-refractivity contribution < 1.29 is 8.91 Å². The largest absolute Gasteiger partial charge is 0.337 e. The van der Waals surface area contributed by atoms with Crippen molar-refractivity contribution in [1.29, 1.82) is 0 Å². The lowest BCUT2D eigenvalue weighted by molar-refractivity contribution is 0.338. The van der Waals surface area contributed by atoms with Gasteiger partial charge in [-0.2, -0.15) is 10.1 Å². The van der Waals surface area contributed by atoms with Gasteiger partial charge in [-0.05, 0) is 52.0 Å². The molecule has 7 heteroatoms. The van der Waals surface area contributed by atoms with E-state index in [-0.39, 0.29) is 17.4 Å². The van der Waals surface area contributed by atoms with E-state index < -0.39 is 0 Å². The number of hydrogen-bond acceptors (Lipinski definition) is 5. The van der Waals surface area contributed by atoms with Gasteiger partial charge in [0, 0.05) is 23.9 Å². The number of halogens is 1. The van der Waals surface area contributed by atoms with E-state index >= 15 is 0 Å². The molecule has 2 aromatic heterocycles. The topological polar surface area (TPSA) is 68.8 Å². The number of rotatable bonds is 5. The van der Waals surface area contributed by atoms with Crippen molar-refractivity contribution in [3.05, 3.63) is 53.9 Å². The molecule has 0 amide bonds. The maximum Gasteiger partial charge on any atom is 0.243 e. The smallest absolute Gasteiger partial charge is 0.243 e. The lowest BCUT2D eigenvalue weighted by Gasteiger charge is -2.18. The van der Waals surface area contributed by atoms with Gasteiger partial charge < -0.3 is 9.84 Å². The monoisotopic (exact) mass is 343 g/mol. The molecule has 0 spiro atoms. The molecule has 25 heavy (non-hydrogen) atoms. The van der Waals surface area contributed by atoms with Gasteiger partial charge in [0.2, 0.25) is 11.7 Å². The van der Waals surface area contributed by atoms with E-state index in [0.29, 0.717) is 18.3 Å². The number of nitrogens with zero attached hydrogens (tertiary/aromatic N) is 4. The lowest BCUT2D eigenvalue weighted by atomic mass is 10.1. The fraction of sp³-hybridized carbons (Fsp3) is 0.389. The lowest BCUT2D eigenvalue weighted by Crippen LogP contribution is -2.22. The summed E-state index contributed by atoms with van der Waals surface area (Å²) >= 11 is 0. The summed E-state index contributed by atoms with van der Waals surface area (Å²) in [5.41, 5.74) is 1.76. The Labute approximate surface area is 146 Å². The van der Waals surface area contributed by atoms with Crippen LogP contribution < -0.4 is 5.32 Å². The van der Waals surface area contributed by atoms with Gasteiger partial charge in [0.25, 0.3) is 0 Å². The van der Waals surface area contributed by atoms with Gasteiger partial charge in [-0.15, -0.1) is 0 Å². The molecule has 0 unspecified atom stereocenters. The Morgan fingerprint density at radius 2 is 1.96 bits per heavy atom. The Balaban J connectivity index is 1.63. The number of hydrogen-bond donors (Lipinski definition) is 1. The van der Waals surface area contributed by atoms with Crippen LogP contribution in [0.5, 0.6) is 0 Å². The Morgan fingerprint density at radius 3 is 2.60 bits per heavy atom. The second-order valence-corrected chi connectivity index (χ2v) is 7.03. The SMILES string of the molecule is C[C@@H](NCc1cnn(C(C)(C)C)c1)c1nc(-c2ccc(F)cc2)no1. The zero-order valence-corrected chi connectivity index (χ0v) is 14.8.